The number of rotatable bonds is 11. The third kappa shape index (κ3) is 6.05. The van der Waals surface area contributed by atoms with Gasteiger partial charge in [0.2, 0.25) is 0 Å². The summed E-state index contributed by atoms with van der Waals surface area (Å²) in [5.41, 5.74) is 16.8. The molecule has 0 saturated carbocycles. The molecule has 0 saturated heterocycles. The number of Topliss-reactive ketones (excluding diaryl/α,β-unsaturated/α-hetero) is 1. The molecule has 11 heteroatoms. The number of carboxylic acid groups (broad SMARTS) is 2. The van der Waals surface area contributed by atoms with Crippen molar-refractivity contribution < 1.29 is 29.7 Å². The Morgan fingerprint density at radius 2 is 1.46 bits per heavy atom. The highest BCUT2D eigenvalue weighted by molar-refractivity contribution is 6.13. The molecule has 5 heterocycles. The van der Waals surface area contributed by atoms with Crippen molar-refractivity contribution in [2.75, 3.05) is 6.61 Å². The second-order valence-corrected chi connectivity index (χ2v) is 12.0. The lowest BCUT2D eigenvalue weighted by molar-refractivity contribution is -0.137. The van der Waals surface area contributed by atoms with E-state index in [0.717, 1.165) is 27.8 Å². The molecule has 0 unspecified atom stereocenters. The zero-order chi connectivity index (χ0) is 35.0. The molecule has 48 heavy (non-hydrogen) atoms. The van der Waals surface area contributed by atoms with Crippen LogP contribution in [0.15, 0.2) is 37.4 Å². The van der Waals surface area contributed by atoms with Crippen LogP contribution in [0.3, 0.4) is 0 Å². The van der Waals surface area contributed by atoms with Crippen molar-refractivity contribution in [3.63, 3.8) is 0 Å². The lowest BCUT2D eigenvalue weighted by Crippen LogP contribution is -2.34. The minimum Gasteiger partial charge on any atom is -0.481 e. The Morgan fingerprint density at radius 1 is 0.833 bits per heavy atom. The number of aliphatic hydroxyl groups is 1. The lowest BCUT2D eigenvalue weighted by atomic mass is 9.96. The maximum absolute atomic E-state index is 14.0. The Balaban J connectivity index is 2.04. The number of aromatic nitrogens is 4. The van der Waals surface area contributed by atoms with Gasteiger partial charge in [-0.3, -0.25) is 14.4 Å². The van der Waals surface area contributed by atoms with E-state index in [1.165, 1.54) is 0 Å². The molecule has 7 N–H and O–H groups in total. The smallest absolute Gasteiger partial charge is 0.303 e. The van der Waals surface area contributed by atoms with Crippen LogP contribution < -0.4 is 5.73 Å². The summed E-state index contributed by atoms with van der Waals surface area (Å²) in [6.07, 6.45) is 3.59. The summed E-state index contributed by atoms with van der Waals surface area (Å²) >= 11 is 0. The number of carbonyl (C=O) groups excluding carboxylic acids is 1. The van der Waals surface area contributed by atoms with Gasteiger partial charge in [-0.1, -0.05) is 25.3 Å². The first kappa shape index (κ1) is 34.0. The van der Waals surface area contributed by atoms with Gasteiger partial charge in [-0.15, -0.1) is 0 Å². The Bertz CT molecular complexity index is 2150. The minimum absolute atomic E-state index is 0.0987. The van der Waals surface area contributed by atoms with Crippen molar-refractivity contribution in [2.45, 2.75) is 59.4 Å². The number of fused-ring (bicyclic) bond motifs is 8. The number of nitrogens with two attached hydrogens (primary N) is 1. The largest absolute Gasteiger partial charge is 0.481 e. The Morgan fingerprint density at radius 3 is 2.08 bits per heavy atom. The SMILES string of the molecule is C=CC1=C(C)c2nc1cc1[nH]c(cc3nc(cc4[nH]c(c(C=C)c4C)c2C(=O)[C@@H](N)CO)C(C)=C3CCC(=O)O)c(CCC(=O)O)c1C. The Labute approximate surface area is 277 Å². The van der Waals surface area contributed by atoms with Gasteiger partial charge in [0, 0.05) is 40.5 Å². The fourth-order valence-electron chi connectivity index (χ4n) is 6.39. The number of hydrogen-bond donors (Lipinski definition) is 6. The Hall–Kier alpha value is -5.39. The molecule has 248 valence electrons. The monoisotopic (exact) mass is 649 g/mol. The number of aliphatic carboxylic acids is 2. The zero-order valence-electron chi connectivity index (χ0n) is 27.5. The van der Waals surface area contributed by atoms with Gasteiger partial charge in [0.15, 0.2) is 5.78 Å². The van der Waals surface area contributed by atoms with Gasteiger partial charge >= 0.3 is 11.9 Å². The van der Waals surface area contributed by atoms with E-state index in [2.05, 4.69) is 23.1 Å². The number of aromatic amines is 2. The number of carboxylic acids is 2. The van der Waals surface area contributed by atoms with E-state index in [1.54, 1.807) is 12.2 Å². The highest BCUT2D eigenvalue weighted by Crippen LogP contribution is 2.38. The normalized spacial score (nSPS) is 13.5. The molecule has 0 spiro atoms. The van der Waals surface area contributed by atoms with Crippen LogP contribution >= 0.6 is 0 Å². The number of aliphatic hydroxyl groups excluding tert-OH is 1. The van der Waals surface area contributed by atoms with Gasteiger partial charge in [0.05, 0.1) is 46.5 Å². The molecule has 2 aliphatic heterocycles. The van der Waals surface area contributed by atoms with E-state index in [-0.39, 0.29) is 31.2 Å². The summed E-state index contributed by atoms with van der Waals surface area (Å²) < 4.78 is 0. The number of ketones is 1. The van der Waals surface area contributed by atoms with Crippen LogP contribution in [0.4, 0.5) is 0 Å². The molecule has 0 aliphatic carbocycles. The highest BCUT2D eigenvalue weighted by Gasteiger charge is 2.28. The number of aryl methyl sites for hydroxylation is 3. The van der Waals surface area contributed by atoms with E-state index in [9.17, 15) is 29.7 Å². The van der Waals surface area contributed by atoms with Crippen molar-refractivity contribution in [1.29, 1.82) is 0 Å². The molecule has 5 rings (SSSR count). The third-order valence-electron chi connectivity index (χ3n) is 9.14. The summed E-state index contributed by atoms with van der Waals surface area (Å²) in [5, 5.41) is 29.0. The molecular weight excluding hydrogens is 610 g/mol. The fraction of sp³-hybridized carbons (Fsp3) is 0.270. The molecular formula is C37H39N5O6. The van der Waals surface area contributed by atoms with Gasteiger partial charge in [0.1, 0.15) is 0 Å². The molecule has 2 aliphatic rings. The minimum atomic E-state index is -1.21. The van der Waals surface area contributed by atoms with Gasteiger partial charge in [-0.25, -0.2) is 9.97 Å². The maximum atomic E-state index is 14.0. The first-order chi connectivity index (χ1) is 22.8. The van der Waals surface area contributed by atoms with Crippen LogP contribution in [0, 0.1) is 13.8 Å². The predicted octanol–water partition coefficient (Wildman–Crippen LogP) is 6.01. The molecule has 3 aromatic rings. The Kier molecular flexibility index (Phi) is 9.47. The van der Waals surface area contributed by atoms with E-state index in [0.29, 0.717) is 61.6 Å². The van der Waals surface area contributed by atoms with Crippen LogP contribution in [0.1, 0.15) is 88.5 Å². The van der Waals surface area contributed by atoms with Crippen molar-refractivity contribution in [1.82, 2.24) is 19.9 Å². The fourth-order valence-corrected chi connectivity index (χ4v) is 6.39. The van der Waals surface area contributed by atoms with Crippen LogP contribution in [0.2, 0.25) is 0 Å². The second-order valence-electron chi connectivity index (χ2n) is 12.0. The lowest BCUT2D eigenvalue weighted by Gasteiger charge is -2.10. The number of allylic oxidation sites excluding steroid dienone is 5. The third-order valence-corrected chi connectivity index (χ3v) is 9.14. The molecule has 11 nitrogen and oxygen atoms in total. The van der Waals surface area contributed by atoms with Crippen molar-refractivity contribution in [2.24, 2.45) is 5.73 Å². The van der Waals surface area contributed by atoms with Crippen molar-refractivity contribution in [3.8, 4) is 0 Å². The average molecular weight is 650 g/mol. The first-order valence-corrected chi connectivity index (χ1v) is 15.6. The number of nitrogens with one attached hydrogen (secondary N) is 2. The molecule has 0 amide bonds. The summed E-state index contributed by atoms with van der Waals surface area (Å²) in [6.45, 7) is 15.0. The van der Waals surface area contributed by atoms with Crippen LogP contribution in [-0.2, 0) is 16.0 Å². The quantitative estimate of drug-likeness (QED) is 0.135. The number of H-pyrrole nitrogens is 2. The summed E-state index contributed by atoms with van der Waals surface area (Å²) in [4.78, 5) is 54.0. The summed E-state index contributed by atoms with van der Waals surface area (Å²) in [7, 11) is 0. The number of nitrogens with zero attached hydrogens (tertiary/aromatic N) is 2. The number of carbonyl (C=O) groups is 3. The topological polar surface area (TPSA) is 195 Å². The average Bonchev–Trinajstić information content (AvgIpc) is 3.71. The molecule has 0 aromatic carbocycles. The molecule has 0 fully saturated rings. The van der Waals surface area contributed by atoms with Crippen LogP contribution in [-0.4, -0.2) is 65.6 Å². The maximum Gasteiger partial charge on any atom is 0.303 e. The van der Waals surface area contributed by atoms with Crippen molar-refractivity contribution >= 4 is 68.2 Å². The van der Waals surface area contributed by atoms with Gasteiger partial charge in [-0.2, -0.15) is 0 Å². The van der Waals surface area contributed by atoms with E-state index in [1.807, 2.05) is 45.9 Å². The molecule has 3 aromatic heterocycles. The van der Waals surface area contributed by atoms with Crippen molar-refractivity contribution in [3.05, 3.63) is 88.0 Å². The molecule has 8 bridgehead atoms. The van der Waals surface area contributed by atoms with E-state index < -0.39 is 30.4 Å². The summed E-state index contributed by atoms with van der Waals surface area (Å²) in [5.74, 6) is -2.39. The van der Waals surface area contributed by atoms with Gasteiger partial charge in [0.25, 0.3) is 0 Å². The van der Waals surface area contributed by atoms with Crippen LogP contribution in [0.5, 0.6) is 0 Å². The van der Waals surface area contributed by atoms with E-state index >= 15 is 0 Å². The number of hydrogen-bond acceptors (Lipinski definition) is 7. The standard InChI is InChI=1S/C37H39N5O6/c1-7-21-20(6)35-34(37(48)25(38)16-43)36-22(8-2)17(3)28(41-36)13-26-18(4)23(9-11-32(44)45)30(39-26)15-31-24(10-12-33(46)47)19(5)27(40-31)14-29(21)42-35/h7-8,13-15,25,40-41,43H,1-2,9-12,16,38H2,3-6H3,(H,44,45)(H,46,47)/t25-/m0/s1. The summed E-state index contributed by atoms with van der Waals surface area (Å²) in [6, 6.07) is 4.31. The van der Waals surface area contributed by atoms with E-state index in [4.69, 9.17) is 15.7 Å². The first-order valence-electron chi connectivity index (χ1n) is 15.6. The van der Waals surface area contributed by atoms with Gasteiger partial charge < -0.3 is 31.0 Å². The second kappa shape index (κ2) is 13.4. The molecule has 0 radical (unpaired) electrons. The van der Waals surface area contributed by atoms with Gasteiger partial charge in [-0.05, 0) is 92.1 Å². The highest BCUT2D eigenvalue weighted by atomic mass is 16.4. The molecule has 1 atom stereocenters. The van der Waals surface area contributed by atoms with Crippen LogP contribution in [0.25, 0.3) is 50.4 Å². The zero-order valence-corrected chi connectivity index (χ0v) is 27.5. The predicted molar refractivity (Wildman–Crippen MR) is 188 cm³/mol.